The molecular formula is C10H21NO4. The SMILES string of the molecule is CNC(C)(CCCOCCOC)C(=O)O. The normalized spacial score (nSPS) is 14.9. The van der Waals surface area contributed by atoms with E-state index in [1.807, 2.05) is 0 Å². The smallest absolute Gasteiger partial charge is 0.323 e. The molecule has 0 aromatic carbocycles. The lowest BCUT2D eigenvalue weighted by Crippen LogP contribution is -2.47. The van der Waals surface area contributed by atoms with Crippen LogP contribution in [0, 0.1) is 0 Å². The number of methoxy groups -OCH3 is 1. The number of carboxylic acid groups (broad SMARTS) is 1. The molecule has 90 valence electrons. The molecule has 0 fully saturated rings. The maximum Gasteiger partial charge on any atom is 0.323 e. The molecule has 5 nitrogen and oxygen atoms in total. The highest BCUT2D eigenvalue weighted by Gasteiger charge is 2.30. The first kappa shape index (κ1) is 14.3. The van der Waals surface area contributed by atoms with E-state index in [-0.39, 0.29) is 0 Å². The summed E-state index contributed by atoms with van der Waals surface area (Å²) in [4.78, 5) is 10.9. The van der Waals surface area contributed by atoms with Gasteiger partial charge in [-0.15, -0.1) is 0 Å². The minimum atomic E-state index is -0.857. The number of hydrogen-bond donors (Lipinski definition) is 2. The molecule has 0 saturated heterocycles. The Morgan fingerprint density at radius 1 is 1.40 bits per heavy atom. The number of carbonyl (C=O) groups is 1. The Balaban J connectivity index is 3.60. The average molecular weight is 219 g/mol. The highest BCUT2D eigenvalue weighted by molar-refractivity contribution is 5.78. The fraction of sp³-hybridized carbons (Fsp3) is 0.900. The van der Waals surface area contributed by atoms with Gasteiger partial charge in [-0.05, 0) is 26.8 Å². The summed E-state index contributed by atoms with van der Waals surface area (Å²) >= 11 is 0. The topological polar surface area (TPSA) is 67.8 Å². The molecule has 0 aromatic rings. The van der Waals surface area contributed by atoms with Gasteiger partial charge >= 0.3 is 5.97 Å². The fourth-order valence-electron chi connectivity index (χ4n) is 1.11. The van der Waals surface area contributed by atoms with E-state index in [9.17, 15) is 4.79 Å². The van der Waals surface area contributed by atoms with Crippen molar-refractivity contribution in [3.63, 3.8) is 0 Å². The number of hydrogen-bond acceptors (Lipinski definition) is 4. The summed E-state index contributed by atoms with van der Waals surface area (Å²) in [6, 6.07) is 0. The third-order valence-corrected chi connectivity index (χ3v) is 2.42. The zero-order chi connectivity index (χ0) is 11.7. The van der Waals surface area contributed by atoms with Crippen molar-refractivity contribution in [1.82, 2.24) is 5.32 Å². The molecule has 0 spiro atoms. The summed E-state index contributed by atoms with van der Waals surface area (Å²) in [6.07, 6.45) is 1.26. The van der Waals surface area contributed by atoms with E-state index >= 15 is 0 Å². The predicted molar refractivity (Wildman–Crippen MR) is 57.0 cm³/mol. The number of likely N-dealkylation sites (N-methyl/N-ethyl adjacent to an activating group) is 1. The molecule has 5 heteroatoms. The van der Waals surface area contributed by atoms with Crippen molar-refractivity contribution >= 4 is 5.97 Å². The van der Waals surface area contributed by atoms with E-state index in [1.165, 1.54) is 0 Å². The van der Waals surface area contributed by atoms with Gasteiger partial charge < -0.3 is 19.9 Å². The summed E-state index contributed by atoms with van der Waals surface area (Å²) in [5.74, 6) is -0.832. The van der Waals surface area contributed by atoms with Crippen molar-refractivity contribution in [3.05, 3.63) is 0 Å². The molecule has 0 amide bonds. The third-order valence-electron chi connectivity index (χ3n) is 2.42. The van der Waals surface area contributed by atoms with Gasteiger partial charge in [-0.3, -0.25) is 4.79 Å². The van der Waals surface area contributed by atoms with Gasteiger partial charge in [0.15, 0.2) is 0 Å². The van der Waals surface area contributed by atoms with E-state index in [2.05, 4.69) is 5.32 Å². The molecule has 0 aliphatic heterocycles. The van der Waals surface area contributed by atoms with Crippen LogP contribution in [0.5, 0.6) is 0 Å². The van der Waals surface area contributed by atoms with Crippen LogP contribution in [-0.2, 0) is 14.3 Å². The molecule has 0 aliphatic carbocycles. The number of nitrogens with one attached hydrogen (secondary N) is 1. The standard InChI is InChI=1S/C10H21NO4/c1-10(11-2,9(12)13)5-4-6-15-8-7-14-3/h11H,4-8H2,1-3H3,(H,12,13). The first-order valence-corrected chi connectivity index (χ1v) is 5.06. The minimum Gasteiger partial charge on any atom is -0.480 e. The van der Waals surface area contributed by atoms with Crippen LogP contribution in [0.1, 0.15) is 19.8 Å². The Labute approximate surface area is 90.8 Å². The van der Waals surface area contributed by atoms with E-state index in [1.54, 1.807) is 21.1 Å². The Bertz CT molecular complexity index is 186. The molecule has 0 radical (unpaired) electrons. The van der Waals surface area contributed by atoms with Crippen LogP contribution in [0.3, 0.4) is 0 Å². The van der Waals surface area contributed by atoms with E-state index in [0.29, 0.717) is 32.7 Å². The van der Waals surface area contributed by atoms with Gasteiger partial charge in [0.05, 0.1) is 13.2 Å². The Hall–Kier alpha value is -0.650. The average Bonchev–Trinajstić information content (AvgIpc) is 2.22. The van der Waals surface area contributed by atoms with E-state index < -0.39 is 11.5 Å². The first-order valence-electron chi connectivity index (χ1n) is 5.06. The molecule has 0 bridgehead atoms. The zero-order valence-corrected chi connectivity index (χ0v) is 9.71. The van der Waals surface area contributed by atoms with Gasteiger partial charge in [0.1, 0.15) is 5.54 Å². The van der Waals surface area contributed by atoms with Crippen molar-refractivity contribution in [2.24, 2.45) is 0 Å². The van der Waals surface area contributed by atoms with Gasteiger partial charge in [0.25, 0.3) is 0 Å². The largest absolute Gasteiger partial charge is 0.480 e. The summed E-state index contributed by atoms with van der Waals surface area (Å²) < 4.78 is 10.1. The lowest BCUT2D eigenvalue weighted by Gasteiger charge is -2.23. The summed E-state index contributed by atoms with van der Waals surface area (Å²) in [7, 11) is 3.27. The van der Waals surface area contributed by atoms with Crippen molar-refractivity contribution < 1.29 is 19.4 Å². The van der Waals surface area contributed by atoms with E-state index in [0.717, 1.165) is 0 Å². The lowest BCUT2D eigenvalue weighted by molar-refractivity contribution is -0.144. The molecule has 1 unspecified atom stereocenters. The monoisotopic (exact) mass is 219 g/mol. The third kappa shape index (κ3) is 5.71. The molecule has 15 heavy (non-hydrogen) atoms. The maximum atomic E-state index is 10.9. The van der Waals surface area contributed by atoms with Gasteiger partial charge in [-0.2, -0.15) is 0 Å². The van der Waals surface area contributed by atoms with Crippen molar-refractivity contribution in [2.45, 2.75) is 25.3 Å². The summed E-state index contributed by atoms with van der Waals surface area (Å²) in [5.41, 5.74) is -0.857. The van der Waals surface area contributed by atoms with Crippen LogP contribution >= 0.6 is 0 Å². The van der Waals surface area contributed by atoms with Gasteiger partial charge in [-0.25, -0.2) is 0 Å². The number of carboxylic acids is 1. The van der Waals surface area contributed by atoms with Crippen LogP contribution in [0.15, 0.2) is 0 Å². The molecular weight excluding hydrogens is 198 g/mol. The molecule has 0 aromatic heterocycles. The molecule has 0 heterocycles. The van der Waals surface area contributed by atoms with Crippen LogP contribution < -0.4 is 5.32 Å². The van der Waals surface area contributed by atoms with Crippen LogP contribution in [0.2, 0.25) is 0 Å². The molecule has 0 rings (SSSR count). The van der Waals surface area contributed by atoms with Crippen LogP contribution in [0.4, 0.5) is 0 Å². The fourth-order valence-corrected chi connectivity index (χ4v) is 1.11. The van der Waals surface area contributed by atoms with Gasteiger partial charge in [0.2, 0.25) is 0 Å². The highest BCUT2D eigenvalue weighted by atomic mass is 16.5. The second-order valence-corrected chi connectivity index (χ2v) is 3.60. The number of rotatable bonds is 9. The van der Waals surface area contributed by atoms with Crippen LogP contribution in [0.25, 0.3) is 0 Å². The van der Waals surface area contributed by atoms with Gasteiger partial charge in [-0.1, -0.05) is 0 Å². The Morgan fingerprint density at radius 3 is 2.53 bits per heavy atom. The zero-order valence-electron chi connectivity index (χ0n) is 9.71. The Morgan fingerprint density at radius 2 is 2.07 bits per heavy atom. The minimum absolute atomic E-state index is 0.547. The highest BCUT2D eigenvalue weighted by Crippen LogP contribution is 2.11. The maximum absolute atomic E-state index is 10.9. The summed E-state index contributed by atoms with van der Waals surface area (Å²) in [5, 5.41) is 11.8. The second-order valence-electron chi connectivity index (χ2n) is 3.60. The molecule has 2 N–H and O–H groups in total. The first-order chi connectivity index (χ1) is 7.06. The second kappa shape index (κ2) is 7.62. The quantitative estimate of drug-likeness (QED) is 0.552. The van der Waals surface area contributed by atoms with Crippen molar-refractivity contribution in [2.75, 3.05) is 34.0 Å². The van der Waals surface area contributed by atoms with E-state index in [4.69, 9.17) is 14.6 Å². The molecule has 0 aliphatic rings. The Kier molecular flexibility index (Phi) is 7.29. The summed E-state index contributed by atoms with van der Waals surface area (Å²) in [6.45, 7) is 3.36. The number of aliphatic carboxylic acids is 1. The van der Waals surface area contributed by atoms with Gasteiger partial charge in [0, 0.05) is 13.7 Å². The van der Waals surface area contributed by atoms with Crippen molar-refractivity contribution in [1.29, 1.82) is 0 Å². The van der Waals surface area contributed by atoms with Crippen molar-refractivity contribution in [3.8, 4) is 0 Å². The number of ether oxygens (including phenoxy) is 2. The predicted octanol–water partition coefficient (Wildman–Crippen LogP) is 0.492. The van der Waals surface area contributed by atoms with Crippen LogP contribution in [-0.4, -0.2) is 50.6 Å². The molecule has 0 saturated carbocycles. The molecule has 1 atom stereocenters. The lowest BCUT2D eigenvalue weighted by atomic mass is 9.96.